The molecular formula is C17H24N2O. The molecule has 3 nitrogen and oxygen atoms in total. The number of aryl methyl sites for hydroxylation is 2. The van der Waals surface area contributed by atoms with Gasteiger partial charge in [-0.1, -0.05) is 18.2 Å². The smallest absolute Gasteiger partial charge is 0.224 e. The summed E-state index contributed by atoms with van der Waals surface area (Å²) in [5, 5.41) is 3.09. The van der Waals surface area contributed by atoms with Crippen LogP contribution < -0.4 is 11.1 Å². The maximum atomic E-state index is 12.1. The lowest BCUT2D eigenvalue weighted by molar-refractivity contribution is -0.121. The number of carbonyl (C=O) groups excluding carboxylic acids is 1. The summed E-state index contributed by atoms with van der Waals surface area (Å²) in [5.41, 5.74) is 9.78. The van der Waals surface area contributed by atoms with Gasteiger partial charge in [0.05, 0.1) is 6.42 Å². The number of carbonyl (C=O) groups is 1. The highest BCUT2D eigenvalue weighted by Crippen LogP contribution is 2.32. The van der Waals surface area contributed by atoms with Gasteiger partial charge in [0.1, 0.15) is 0 Å². The molecule has 1 amide bonds. The van der Waals surface area contributed by atoms with E-state index in [4.69, 9.17) is 5.73 Å². The normalized spacial score (nSPS) is 19.2. The van der Waals surface area contributed by atoms with E-state index in [2.05, 4.69) is 23.5 Å². The van der Waals surface area contributed by atoms with Gasteiger partial charge in [0.15, 0.2) is 0 Å². The van der Waals surface area contributed by atoms with Crippen molar-refractivity contribution in [2.45, 2.75) is 51.0 Å². The fraction of sp³-hybridized carbons (Fsp3) is 0.588. The molecule has 1 aromatic rings. The van der Waals surface area contributed by atoms with E-state index in [0.717, 1.165) is 12.0 Å². The van der Waals surface area contributed by atoms with Crippen LogP contribution in [-0.2, 0) is 24.1 Å². The Morgan fingerprint density at radius 2 is 2.00 bits per heavy atom. The maximum absolute atomic E-state index is 12.1. The largest absolute Gasteiger partial charge is 0.352 e. The highest BCUT2D eigenvalue weighted by atomic mass is 16.1. The molecule has 1 saturated carbocycles. The zero-order chi connectivity index (χ0) is 13.9. The van der Waals surface area contributed by atoms with Gasteiger partial charge in [-0.3, -0.25) is 4.79 Å². The number of hydrogen-bond donors (Lipinski definition) is 2. The Kier molecular flexibility index (Phi) is 4.06. The lowest BCUT2D eigenvalue weighted by Gasteiger charge is -2.18. The Bertz CT molecular complexity index is 494. The molecule has 1 fully saturated rings. The number of fused-ring (bicyclic) bond motifs is 1. The van der Waals surface area contributed by atoms with Crippen LogP contribution >= 0.6 is 0 Å². The average molecular weight is 272 g/mol. The molecule has 0 bridgehead atoms. The van der Waals surface area contributed by atoms with Gasteiger partial charge in [-0.25, -0.2) is 0 Å². The van der Waals surface area contributed by atoms with Crippen molar-refractivity contribution in [2.24, 2.45) is 11.7 Å². The van der Waals surface area contributed by atoms with Crippen molar-refractivity contribution in [3.05, 3.63) is 34.9 Å². The molecule has 2 aliphatic rings. The summed E-state index contributed by atoms with van der Waals surface area (Å²) in [6, 6.07) is 6.72. The Morgan fingerprint density at radius 1 is 1.25 bits per heavy atom. The van der Waals surface area contributed by atoms with Crippen LogP contribution in [0.3, 0.4) is 0 Å². The summed E-state index contributed by atoms with van der Waals surface area (Å²) < 4.78 is 0. The second-order valence-corrected chi connectivity index (χ2v) is 6.23. The lowest BCUT2D eigenvalue weighted by atomic mass is 9.90. The standard InChI is InChI=1S/C17H24N2O/c18-11-16(14-7-8-14)19-17(20)10-12-5-6-13-3-1-2-4-15(13)9-12/h5-6,9,14,16H,1-4,7-8,10-11,18H2,(H,19,20). The highest BCUT2D eigenvalue weighted by molar-refractivity contribution is 5.79. The summed E-state index contributed by atoms with van der Waals surface area (Å²) in [7, 11) is 0. The first-order chi connectivity index (χ1) is 9.76. The third kappa shape index (κ3) is 3.21. The molecule has 3 rings (SSSR count). The topological polar surface area (TPSA) is 55.1 Å². The van der Waals surface area contributed by atoms with Crippen molar-refractivity contribution in [1.82, 2.24) is 5.32 Å². The zero-order valence-corrected chi connectivity index (χ0v) is 12.0. The number of rotatable bonds is 5. The fourth-order valence-corrected chi connectivity index (χ4v) is 3.21. The molecule has 1 aromatic carbocycles. The molecule has 2 aliphatic carbocycles. The minimum atomic E-state index is 0.114. The van der Waals surface area contributed by atoms with Crippen molar-refractivity contribution in [2.75, 3.05) is 6.54 Å². The molecule has 0 heterocycles. The molecule has 3 N–H and O–H groups in total. The monoisotopic (exact) mass is 272 g/mol. The third-order valence-corrected chi connectivity index (χ3v) is 4.57. The van der Waals surface area contributed by atoms with Crippen LogP contribution in [0.5, 0.6) is 0 Å². The Labute approximate surface area is 120 Å². The van der Waals surface area contributed by atoms with Gasteiger partial charge in [-0.15, -0.1) is 0 Å². The molecule has 0 aliphatic heterocycles. The second-order valence-electron chi connectivity index (χ2n) is 6.23. The second kappa shape index (κ2) is 5.96. The zero-order valence-electron chi connectivity index (χ0n) is 12.0. The Hall–Kier alpha value is -1.35. The predicted molar refractivity (Wildman–Crippen MR) is 80.5 cm³/mol. The highest BCUT2D eigenvalue weighted by Gasteiger charge is 2.31. The van der Waals surface area contributed by atoms with E-state index in [-0.39, 0.29) is 11.9 Å². The van der Waals surface area contributed by atoms with Crippen molar-refractivity contribution in [3.8, 4) is 0 Å². The predicted octanol–water partition coefficient (Wildman–Crippen LogP) is 1.96. The van der Waals surface area contributed by atoms with Crippen LogP contribution in [0, 0.1) is 5.92 Å². The van der Waals surface area contributed by atoms with Crippen LogP contribution in [0.4, 0.5) is 0 Å². The van der Waals surface area contributed by atoms with E-state index in [1.54, 1.807) is 0 Å². The molecule has 0 radical (unpaired) electrons. The summed E-state index contributed by atoms with van der Waals surface area (Å²) >= 11 is 0. The Morgan fingerprint density at radius 3 is 2.70 bits per heavy atom. The van der Waals surface area contributed by atoms with Crippen LogP contribution in [-0.4, -0.2) is 18.5 Å². The fourth-order valence-electron chi connectivity index (χ4n) is 3.21. The summed E-state index contributed by atoms with van der Waals surface area (Å²) in [4.78, 5) is 12.1. The minimum absolute atomic E-state index is 0.114. The molecule has 1 unspecified atom stereocenters. The summed E-state index contributed by atoms with van der Waals surface area (Å²) in [5.74, 6) is 0.732. The first-order valence-electron chi connectivity index (χ1n) is 7.86. The average Bonchev–Trinajstić information content (AvgIpc) is 3.29. The summed E-state index contributed by atoms with van der Waals surface area (Å²) in [6.07, 6.45) is 7.83. The van der Waals surface area contributed by atoms with Crippen LogP contribution in [0.25, 0.3) is 0 Å². The van der Waals surface area contributed by atoms with Crippen molar-refractivity contribution in [3.63, 3.8) is 0 Å². The van der Waals surface area contributed by atoms with Gasteiger partial charge in [0.2, 0.25) is 5.91 Å². The van der Waals surface area contributed by atoms with Gasteiger partial charge in [-0.05, 0) is 61.1 Å². The first-order valence-corrected chi connectivity index (χ1v) is 7.86. The molecule has 20 heavy (non-hydrogen) atoms. The number of nitrogens with one attached hydrogen (secondary N) is 1. The molecule has 0 saturated heterocycles. The van der Waals surface area contributed by atoms with E-state index >= 15 is 0 Å². The molecule has 0 spiro atoms. The summed E-state index contributed by atoms with van der Waals surface area (Å²) in [6.45, 7) is 0.556. The third-order valence-electron chi connectivity index (χ3n) is 4.57. The van der Waals surface area contributed by atoms with E-state index in [1.165, 1.54) is 43.2 Å². The first kappa shape index (κ1) is 13.6. The molecular weight excluding hydrogens is 248 g/mol. The van der Waals surface area contributed by atoms with E-state index in [1.807, 2.05) is 0 Å². The molecule has 3 heteroatoms. The van der Waals surface area contributed by atoms with Gasteiger partial charge in [-0.2, -0.15) is 0 Å². The Balaban J connectivity index is 1.60. The maximum Gasteiger partial charge on any atom is 0.224 e. The molecule has 108 valence electrons. The number of amides is 1. The van der Waals surface area contributed by atoms with Crippen LogP contribution in [0.15, 0.2) is 18.2 Å². The van der Waals surface area contributed by atoms with Gasteiger partial charge in [0, 0.05) is 12.6 Å². The molecule has 0 aromatic heterocycles. The van der Waals surface area contributed by atoms with Crippen LogP contribution in [0.1, 0.15) is 42.4 Å². The minimum Gasteiger partial charge on any atom is -0.352 e. The van der Waals surface area contributed by atoms with Crippen LogP contribution in [0.2, 0.25) is 0 Å². The van der Waals surface area contributed by atoms with Gasteiger partial charge < -0.3 is 11.1 Å². The number of benzene rings is 1. The van der Waals surface area contributed by atoms with E-state index < -0.39 is 0 Å². The number of hydrogen-bond acceptors (Lipinski definition) is 2. The van der Waals surface area contributed by atoms with Crippen molar-refractivity contribution >= 4 is 5.91 Å². The van der Waals surface area contributed by atoms with Crippen molar-refractivity contribution < 1.29 is 4.79 Å². The van der Waals surface area contributed by atoms with Crippen molar-refractivity contribution in [1.29, 1.82) is 0 Å². The van der Waals surface area contributed by atoms with E-state index in [9.17, 15) is 4.79 Å². The number of nitrogens with two attached hydrogens (primary N) is 1. The molecule has 1 atom stereocenters. The quantitative estimate of drug-likeness (QED) is 0.861. The van der Waals surface area contributed by atoms with Gasteiger partial charge >= 0.3 is 0 Å². The van der Waals surface area contributed by atoms with E-state index in [0.29, 0.717) is 18.9 Å². The SMILES string of the molecule is NCC(NC(=O)Cc1ccc2c(c1)CCCC2)C1CC1. The lowest BCUT2D eigenvalue weighted by Crippen LogP contribution is -2.42. The van der Waals surface area contributed by atoms with Gasteiger partial charge in [0.25, 0.3) is 0 Å².